The minimum Gasteiger partial charge on any atom is -0.494 e. The molecule has 2 rings (SSSR count). The Balaban J connectivity index is 2.09. The van der Waals surface area contributed by atoms with Gasteiger partial charge in [0.15, 0.2) is 11.6 Å². The van der Waals surface area contributed by atoms with Gasteiger partial charge in [0.25, 0.3) is 0 Å². The van der Waals surface area contributed by atoms with Crippen LogP contribution < -0.4 is 9.47 Å². The molecule has 40 heavy (non-hydrogen) atoms. The van der Waals surface area contributed by atoms with Crippen LogP contribution in [0.3, 0.4) is 0 Å². The summed E-state index contributed by atoms with van der Waals surface area (Å²) < 4.78 is 11.1. The molecule has 0 bridgehead atoms. The first kappa shape index (κ1) is 33.5. The number of hydrogen-bond donors (Lipinski definition) is 0. The third kappa shape index (κ3) is 10.7. The van der Waals surface area contributed by atoms with Crippen molar-refractivity contribution in [3.05, 3.63) is 59.7 Å². The second-order valence-corrected chi connectivity index (χ2v) is 10.3. The second-order valence-electron chi connectivity index (χ2n) is 10.3. The Morgan fingerprint density at radius 2 is 0.900 bits per heavy atom. The van der Waals surface area contributed by atoms with Crippen molar-refractivity contribution in [2.45, 2.75) is 67.2 Å². The molecule has 0 amide bonds. The standard InChI is InChI=1S/C34H52N2O4/c1-7-35(8-2)25-29(33(37)27-17-21-31(22-18-27)39-11-5)15-13-14-16-30(26-36(9-3)10-4)34(38)28-19-23-32(24-20-28)40-12-6/h17-24,29-30H,7-16,25-26H2,1-6H3/t29-,30-/m0/s1. The topological polar surface area (TPSA) is 59.1 Å². The molecule has 0 radical (unpaired) electrons. The van der Waals surface area contributed by atoms with E-state index < -0.39 is 0 Å². The molecule has 0 unspecified atom stereocenters. The highest BCUT2D eigenvalue weighted by atomic mass is 16.5. The molecule has 2 aromatic rings. The zero-order chi connectivity index (χ0) is 29.3. The van der Waals surface area contributed by atoms with E-state index in [4.69, 9.17) is 9.47 Å². The van der Waals surface area contributed by atoms with E-state index in [2.05, 4.69) is 37.5 Å². The highest BCUT2D eigenvalue weighted by Gasteiger charge is 2.25. The van der Waals surface area contributed by atoms with E-state index in [1.54, 1.807) is 0 Å². The molecule has 0 saturated carbocycles. The smallest absolute Gasteiger partial charge is 0.167 e. The normalized spacial score (nSPS) is 12.9. The fourth-order valence-corrected chi connectivity index (χ4v) is 5.21. The highest BCUT2D eigenvalue weighted by Crippen LogP contribution is 2.24. The van der Waals surface area contributed by atoms with Crippen molar-refractivity contribution < 1.29 is 19.1 Å². The summed E-state index contributed by atoms with van der Waals surface area (Å²) in [6.07, 6.45) is 3.47. The van der Waals surface area contributed by atoms with Gasteiger partial charge in [0, 0.05) is 36.1 Å². The first-order valence-electron chi connectivity index (χ1n) is 15.4. The monoisotopic (exact) mass is 552 g/mol. The zero-order valence-corrected chi connectivity index (χ0v) is 25.8. The SMILES string of the molecule is CCOc1ccc(C(=O)[C@@H](CCCC[C@@H](CN(CC)CC)C(=O)c2ccc(OCC)cc2)CN(CC)CC)cc1. The minimum atomic E-state index is -0.0686. The van der Waals surface area contributed by atoms with E-state index in [9.17, 15) is 9.59 Å². The van der Waals surface area contributed by atoms with Crippen LogP contribution in [0.5, 0.6) is 11.5 Å². The van der Waals surface area contributed by atoms with E-state index >= 15 is 0 Å². The average molecular weight is 553 g/mol. The Labute approximate surface area is 243 Å². The van der Waals surface area contributed by atoms with Gasteiger partial charge in [-0.2, -0.15) is 0 Å². The lowest BCUT2D eigenvalue weighted by molar-refractivity contribution is 0.0852. The van der Waals surface area contributed by atoms with E-state index in [0.717, 1.165) is 87.6 Å². The number of carbonyl (C=O) groups is 2. The van der Waals surface area contributed by atoms with Crippen LogP contribution in [0.4, 0.5) is 0 Å². The van der Waals surface area contributed by atoms with Gasteiger partial charge in [0.1, 0.15) is 11.5 Å². The first-order valence-corrected chi connectivity index (χ1v) is 15.4. The van der Waals surface area contributed by atoms with Crippen LogP contribution >= 0.6 is 0 Å². The van der Waals surface area contributed by atoms with Crippen LogP contribution in [-0.4, -0.2) is 73.8 Å². The quantitative estimate of drug-likeness (QED) is 0.122. The number of rotatable bonds is 21. The summed E-state index contributed by atoms with van der Waals surface area (Å²) in [5, 5.41) is 0. The number of Topliss-reactive ketones (excluding diaryl/α,β-unsaturated/α-hetero) is 2. The molecule has 2 aromatic carbocycles. The molecule has 0 N–H and O–H groups in total. The summed E-state index contributed by atoms with van der Waals surface area (Å²) in [6, 6.07) is 15.1. The summed E-state index contributed by atoms with van der Waals surface area (Å²) in [4.78, 5) is 31.8. The van der Waals surface area contributed by atoms with Crippen molar-refractivity contribution in [1.82, 2.24) is 9.80 Å². The number of ether oxygens (including phenoxy) is 2. The summed E-state index contributed by atoms with van der Waals surface area (Å²) in [6.45, 7) is 18.9. The molecule has 0 aliphatic heterocycles. The zero-order valence-electron chi connectivity index (χ0n) is 25.8. The molecule has 6 nitrogen and oxygen atoms in total. The molecule has 0 aromatic heterocycles. The fraction of sp³-hybridized carbons (Fsp3) is 0.588. The minimum absolute atomic E-state index is 0.0686. The van der Waals surface area contributed by atoms with Gasteiger partial charge in [0.2, 0.25) is 0 Å². The number of benzene rings is 2. The molecule has 0 spiro atoms. The summed E-state index contributed by atoms with van der Waals surface area (Å²) in [5.74, 6) is 1.83. The molecule has 2 atom stereocenters. The number of carbonyl (C=O) groups excluding carboxylic acids is 2. The largest absolute Gasteiger partial charge is 0.494 e. The molecule has 0 aliphatic rings. The predicted octanol–water partition coefficient (Wildman–Crippen LogP) is 7.03. The van der Waals surface area contributed by atoms with E-state index in [0.29, 0.717) is 13.2 Å². The van der Waals surface area contributed by atoms with Crippen LogP contribution in [-0.2, 0) is 0 Å². The van der Waals surface area contributed by atoms with Crippen molar-refractivity contribution >= 4 is 11.6 Å². The molecular weight excluding hydrogens is 500 g/mol. The molecule has 0 saturated heterocycles. The Hall–Kier alpha value is -2.70. The Morgan fingerprint density at radius 3 is 1.18 bits per heavy atom. The fourth-order valence-electron chi connectivity index (χ4n) is 5.21. The molecule has 222 valence electrons. The Kier molecular flexibility index (Phi) is 15.6. The number of ketones is 2. The van der Waals surface area contributed by atoms with Crippen molar-refractivity contribution in [1.29, 1.82) is 0 Å². The Morgan fingerprint density at radius 1 is 0.575 bits per heavy atom. The second kappa shape index (κ2) is 18.6. The molecule has 0 fully saturated rings. The summed E-state index contributed by atoms with van der Waals surface area (Å²) in [5.41, 5.74) is 1.48. The van der Waals surface area contributed by atoms with Crippen LogP contribution in [0, 0.1) is 11.8 Å². The summed E-state index contributed by atoms with van der Waals surface area (Å²) in [7, 11) is 0. The van der Waals surface area contributed by atoms with Gasteiger partial charge in [-0.25, -0.2) is 0 Å². The van der Waals surface area contributed by atoms with Crippen molar-refractivity contribution in [2.24, 2.45) is 11.8 Å². The van der Waals surface area contributed by atoms with E-state index in [-0.39, 0.29) is 23.4 Å². The molecule has 0 heterocycles. The average Bonchev–Trinajstić information content (AvgIpc) is 2.99. The maximum atomic E-state index is 13.6. The third-order valence-electron chi connectivity index (χ3n) is 7.74. The van der Waals surface area contributed by atoms with Gasteiger partial charge in [-0.15, -0.1) is 0 Å². The Bertz CT molecular complexity index is 901. The third-order valence-corrected chi connectivity index (χ3v) is 7.74. The van der Waals surface area contributed by atoms with Crippen LogP contribution in [0.2, 0.25) is 0 Å². The van der Waals surface area contributed by atoms with Gasteiger partial charge < -0.3 is 19.3 Å². The molecular formula is C34H52N2O4. The number of unbranched alkanes of at least 4 members (excludes halogenated alkanes) is 1. The highest BCUT2D eigenvalue weighted by molar-refractivity contribution is 5.98. The van der Waals surface area contributed by atoms with Gasteiger partial charge in [-0.1, -0.05) is 40.5 Å². The molecule has 0 aliphatic carbocycles. The van der Waals surface area contributed by atoms with Gasteiger partial charge in [-0.3, -0.25) is 9.59 Å². The van der Waals surface area contributed by atoms with E-state index in [1.165, 1.54) is 0 Å². The lowest BCUT2D eigenvalue weighted by Crippen LogP contribution is -2.34. The molecule has 6 heteroatoms. The lowest BCUT2D eigenvalue weighted by atomic mass is 9.88. The van der Waals surface area contributed by atoms with Crippen LogP contribution in [0.15, 0.2) is 48.5 Å². The van der Waals surface area contributed by atoms with Gasteiger partial charge in [-0.05, 0) is 101 Å². The predicted molar refractivity (Wildman–Crippen MR) is 165 cm³/mol. The first-order chi connectivity index (χ1) is 19.4. The van der Waals surface area contributed by atoms with Crippen molar-refractivity contribution in [3.8, 4) is 11.5 Å². The number of hydrogen-bond acceptors (Lipinski definition) is 6. The number of nitrogens with zero attached hydrogens (tertiary/aromatic N) is 2. The maximum absolute atomic E-state index is 13.6. The van der Waals surface area contributed by atoms with Gasteiger partial charge >= 0.3 is 0 Å². The van der Waals surface area contributed by atoms with Gasteiger partial charge in [0.05, 0.1) is 13.2 Å². The lowest BCUT2D eigenvalue weighted by Gasteiger charge is -2.26. The maximum Gasteiger partial charge on any atom is 0.167 e. The van der Waals surface area contributed by atoms with E-state index in [1.807, 2.05) is 62.4 Å². The van der Waals surface area contributed by atoms with Crippen LogP contribution in [0.25, 0.3) is 0 Å². The van der Waals surface area contributed by atoms with Crippen molar-refractivity contribution in [3.63, 3.8) is 0 Å². The summed E-state index contributed by atoms with van der Waals surface area (Å²) >= 11 is 0. The van der Waals surface area contributed by atoms with Crippen LogP contribution in [0.1, 0.15) is 87.9 Å². The van der Waals surface area contributed by atoms with Crippen molar-refractivity contribution in [2.75, 3.05) is 52.5 Å².